The van der Waals surface area contributed by atoms with Crippen LogP contribution in [-0.2, 0) is 0 Å². The first-order chi connectivity index (χ1) is 9.74. The summed E-state index contributed by atoms with van der Waals surface area (Å²) in [6.45, 7) is 0. The standard InChI is InChI=1S/C14H9ClN2O2S/c15-13-7-11(18)14(17-16-13)19-12-4-2-1-3-10(12)9-5-6-20-8-9/h1-8H,(H,16,18). The summed E-state index contributed by atoms with van der Waals surface area (Å²) in [5.41, 5.74) is 1.58. The molecule has 0 bridgehead atoms. The summed E-state index contributed by atoms with van der Waals surface area (Å²) in [7, 11) is 0. The average Bonchev–Trinajstić information content (AvgIpc) is 2.96. The predicted molar refractivity (Wildman–Crippen MR) is 79.7 cm³/mol. The van der Waals surface area contributed by atoms with E-state index in [1.54, 1.807) is 17.4 Å². The summed E-state index contributed by atoms with van der Waals surface area (Å²) in [5.74, 6) is 0.545. The minimum atomic E-state index is -0.367. The minimum absolute atomic E-state index is 0.0305. The quantitative estimate of drug-likeness (QED) is 0.797. The van der Waals surface area contributed by atoms with Gasteiger partial charge in [0, 0.05) is 11.6 Å². The van der Waals surface area contributed by atoms with Crippen molar-refractivity contribution in [2.75, 3.05) is 0 Å². The normalized spacial score (nSPS) is 10.4. The van der Waals surface area contributed by atoms with Crippen LogP contribution in [0.15, 0.2) is 52.0 Å². The van der Waals surface area contributed by atoms with E-state index in [2.05, 4.69) is 10.2 Å². The molecule has 3 rings (SSSR count). The molecule has 0 spiro atoms. The Kier molecular flexibility index (Phi) is 3.54. The Labute approximate surface area is 123 Å². The van der Waals surface area contributed by atoms with Crippen LogP contribution in [0.1, 0.15) is 0 Å². The molecule has 1 N–H and O–H groups in total. The van der Waals surface area contributed by atoms with E-state index in [9.17, 15) is 4.79 Å². The van der Waals surface area contributed by atoms with Crippen LogP contribution in [0, 0.1) is 0 Å². The lowest BCUT2D eigenvalue weighted by atomic mass is 10.1. The van der Waals surface area contributed by atoms with Crippen LogP contribution < -0.4 is 10.2 Å². The van der Waals surface area contributed by atoms with Gasteiger partial charge < -0.3 is 4.74 Å². The highest BCUT2D eigenvalue weighted by molar-refractivity contribution is 7.08. The van der Waals surface area contributed by atoms with E-state index in [4.69, 9.17) is 16.3 Å². The average molecular weight is 305 g/mol. The van der Waals surface area contributed by atoms with Crippen LogP contribution >= 0.6 is 22.9 Å². The Hall–Kier alpha value is -2.11. The molecule has 100 valence electrons. The van der Waals surface area contributed by atoms with E-state index >= 15 is 0 Å². The van der Waals surface area contributed by atoms with E-state index in [1.807, 2.05) is 35.0 Å². The Morgan fingerprint density at radius 3 is 2.85 bits per heavy atom. The summed E-state index contributed by atoms with van der Waals surface area (Å²) in [6, 6.07) is 10.7. The number of aromatic nitrogens is 2. The fourth-order valence-electron chi connectivity index (χ4n) is 1.76. The highest BCUT2D eigenvalue weighted by Gasteiger charge is 2.10. The third kappa shape index (κ3) is 2.59. The Morgan fingerprint density at radius 1 is 1.25 bits per heavy atom. The van der Waals surface area contributed by atoms with E-state index in [0.29, 0.717) is 5.75 Å². The van der Waals surface area contributed by atoms with Crippen molar-refractivity contribution in [3.05, 3.63) is 62.5 Å². The lowest BCUT2D eigenvalue weighted by Crippen LogP contribution is -2.07. The number of nitrogens with zero attached hydrogens (tertiary/aromatic N) is 1. The van der Waals surface area contributed by atoms with Crippen LogP contribution in [-0.4, -0.2) is 10.2 Å². The van der Waals surface area contributed by atoms with E-state index < -0.39 is 0 Å². The molecule has 1 aromatic carbocycles. The molecule has 0 aliphatic carbocycles. The second-order valence-corrected chi connectivity index (χ2v) is 5.18. The number of aromatic amines is 1. The third-order valence-corrected chi connectivity index (χ3v) is 3.54. The van der Waals surface area contributed by atoms with Crippen molar-refractivity contribution >= 4 is 22.9 Å². The zero-order valence-electron chi connectivity index (χ0n) is 10.2. The molecule has 0 saturated carbocycles. The van der Waals surface area contributed by atoms with Crippen molar-refractivity contribution in [2.45, 2.75) is 0 Å². The molecule has 0 amide bonds. The molecular formula is C14H9ClN2O2S. The first-order valence-electron chi connectivity index (χ1n) is 5.79. The van der Waals surface area contributed by atoms with Gasteiger partial charge in [-0.1, -0.05) is 29.8 Å². The highest BCUT2D eigenvalue weighted by atomic mass is 35.5. The van der Waals surface area contributed by atoms with Gasteiger partial charge in [0.1, 0.15) is 10.9 Å². The molecule has 2 heterocycles. The second-order valence-electron chi connectivity index (χ2n) is 4.00. The molecule has 0 radical (unpaired) electrons. The maximum absolute atomic E-state index is 11.8. The molecule has 0 atom stereocenters. The van der Waals surface area contributed by atoms with Gasteiger partial charge in [-0.2, -0.15) is 11.3 Å². The van der Waals surface area contributed by atoms with Crippen molar-refractivity contribution in [1.29, 1.82) is 0 Å². The first-order valence-corrected chi connectivity index (χ1v) is 7.11. The van der Waals surface area contributed by atoms with Crippen molar-refractivity contribution in [2.24, 2.45) is 0 Å². The summed E-state index contributed by atoms with van der Waals surface area (Å²) in [5, 5.41) is 10.5. The van der Waals surface area contributed by atoms with Crippen LogP contribution in [0.25, 0.3) is 11.1 Å². The largest absolute Gasteiger partial charge is 0.434 e. The Balaban J connectivity index is 2.01. The van der Waals surface area contributed by atoms with Crippen LogP contribution in [0.4, 0.5) is 0 Å². The molecule has 0 unspecified atom stereocenters. The maximum atomic E-state index is 11.8. The van der Waals surface area contributed by atoms with Gasteiger partial charge in [0.05, 0.1) is 0 Å². The Bertz CT molecular complexity index is 784. The molecule has 20 heavy (non-hydrogen) atoms. The summed E-state index contributed by atoms with van der Waals surface area (Å²) >= 11 is 7.26. The number of benzene rings is 1. The van der Waals surface area contributed by atoms with Gasteiger partial charge in [0.2, 0.25) is 5.43 Å². The van der Waals surface area contributed by atoms with Gasteiger partial charge in [-0.25, -0.2) is 0 Å². The first kappa shape index (κ1) is 12.9. The van der Waals surface area contributed by atoms with Crippen molar-refractivity contribution in [1.82, 2.24) is 10.2 Å². The van der Waals surface area contributed by atoms with E-state index in [1.165, 1.54) is 6.07 Å². The van der Waals surface area contributed by atoms with Gasteiger partial charge >= 0.3 is 0 Å². The van der Waals surface area contributed by atoms with Gasteiger partial charge in [0.15, 0.2) is 0 Å². The Morgan fingerprint density at radius 2 is 2.10 bits per heavy atom. The molecule has 4 nitrogen and oxygen atoms in total. The maximum Gasteiger partial charge on any atom is 0.285 e. The topological polar surface area (TPSA) is 55.0 Å². The van der Waals surface area contributed by atoms with Gasteiger partial charge in [-0.3, -0.25) is 9.89 Å². The number of halogens is 1. The molecule has 0 aliphatic rings. The lowest BCUT2D eigenvalue weighted by Gasteiger charge is -2.08. The summed E-state index contributed by atoms with van der Waals surface area (Å²) in [6.07, 6.45) is 0. The second kappa shape index (κ2) is 5.48. The SMILES string of the molecule is O=c1cc(Cl)[nH]nc1Oc1ccccc1-c1ccsc1. The summed E-state index contributed by atoms with van der Waals surface area (Å²) < 4.78 is 5.61. The minimum Gasteiger partial charge on any atom is -0.434 e. The van der Waals surface area contributed by atoms with Crippen molar-refractivity contribution in [3.8, 4) is 22.8 Å². The number of H-pyrrole nitrogens is 1. The number of nitrogens with one attached hydrogen (secondary N) is 1. The van der Waals surface area contributed by atoms with E-state index in [-0.39, 0.29) is 16.5 Å². The molecule has 2 aromatic heterocycles. The zero-order valence-corrected chi connectivity index (χ0v) is 11.7. The van der Waals surface area contributed by atoms with Gasteiger partial charge in [-0.05, 0) is 28.5 Å². The molecule has 0 fully saturated rings. The van der Waals surface area contributed by atoms with Crippen molar-refractivity contribution in [3.63, 3.8) is 0 Å². The smallest absolute Gasteiger partial charge is 0.285 e. The van der Waals surface area contributed by atoms with Crippen molar-refractivity contribution < 1.29 is 4.74 Å². The highest BCUT2D eigenvalue weighted by Crippen LogP contribution is 2.32. The number of hydrogen-bond donors (Lipinski definition) is 1. The molecule has 0 saturated heterocycles. The number of ether oxygens (including phenoxy) is 1. The molecule has 3 aromatic rings. The molecule has 0 aliphatic heterocycles. The number of hydrogen-bond acceptors (Lipinski definition) is 4. The van der Waals surface area contributed by atoms with E-state index in [0.717, 1.165) is 11.1 Å². The fraction of sp³-hybridized carbons (Fsp3) is 0. The number of thiophene rings is 1. The van der Waals surface area contributed by atoms with Crippen LogP contribution in [0.2, 0.25) is 5.15 Å². The number of para-hydroxylation sites is 1. The molecular weight excluding hydrogens is 296 g/mol. The lowest BCUT2D eigenvalue weighted by molar-refractivity contribution is 0.452. The monoisotopic (exact) mass is 304 g/mol. The number of rotatable bonds is 3. The predicted octanol–water partition coefficient (Wildman–Crippen LogP) is 3.94. The molecule has 6 heteroatoms. The van der Waals surface area contributed by atoms with Gasteiger partial charge in [-0.15, -0.1) is 5.10 Å². The third-order valence-electron chi connectivity index (χ3n) is 2.66. The fourth-order valence-corrected chi connectivity index (χ4v) is 2.55. The van der Waals surface area contributed by atoms with Crippen LogP contribution in [0.3, 0.4) is 0 Å². The summed E-state index contributed by atoms with van der Waals surface area (Å²) in [4.78, 5) is 11.8. The van der Waals surface area contributed by atoms with Crippen LogP contribution in [0.5, 0.6) is 11.6 Å². The zero-order chi connectivity index (χ0) is 13.9. The van der Waals surface area contributed by atoms with Gasteiger partial charge in [0.25, 0.3) is 5.88 Å².